The van der Waals surface area contributed by atoms with Crippen molar-refractivity contribution in [1.29, 1.82) is 0 Å². The van der Waals surface area contributed by atoms with Gasteiger partial charge in [-0.25, -0.2) is 4.98 Å². The van der Waals surface area contributed by atoms with Crippen molar-refractivity contribution in [1.82, 2.24) is 9.55 Å². The Morgan fingerprint density at radius 1 is 1.13 bits per heavy atom. The Morgan fingerprint density at radius 3 is 2.42 bits per heavy atom. The second-order valence-corrected chi connectivity index (χ2v) is 10.5. The van der Waals surface area contributed by atoms with Crippen LogP contribution in [0.25, 0.3) is 22.3 Å². The summed E-state index contributed by atoms with van der Waals surface area (Å²) < 4.78 is 1.96. The summed E-state index contributed by atoms with van der Waals surface area (Å²) >= 11 is 0. The first kappa shape index (κ1) is 21.8. The number of rotatable bonds is 4. The summed E-state index contributed by atoms with van der Waals surface area (Å²) in [4.78, 5) is 18.6. The van der Waals surface area contributed by atoms with Gasteiger partial charge in [-0.1, -0.05) is 54.5 Å². The molecule has 0 bridgehead atoms. The minimum Gasteiger partial charge on any atom is -0.302 e. The molecule has 1 aliphatic heterocycles. The highest BCUT2D eigenvalue weighted by atomic mass is 16.1. The van der Waals surface area contributed by atoms with Crippen LogP contribution in [0.2, 0.25) is 0 Å². The summed E-state index contributed by atoms with van der Waals surface area (Å²) in [7, 11) is 0. The topological polar surface area (TPSA) is 34.9 Å². The SMILES string of the molecule is CCc1ccc2nc3c(c(C(C)(C)C)c2c1)Cn1c-3cc(C(CC)C(C)C)c(C)c1=O. The zero-order valence-corrected chi connectivity index (χ0v) is 20.4. The molecule has 1 aromatic carbocycles. The van der Waals surface area contributed by atoms with Crippen molar-refractivity contribution in [3.8, 4) is 11.4 Å². The van der Waals surface area contributed by atoms with Crippen LogP contribution in [-0.4, -0.2) is 9.55 Å². The molecule has 3 heteroatoms. The lowest BCUT2D eigenvalue weighted by molar-refractivity contribution is 0.481. The summed E-state index contributed by atoms with van der Waals surface area (Å²) in [6, 6.07) is 8.91. The number of fused-ring (bicyclic) bond motifs is 4. The van der Waals surface area contributed by atoms with Crippen LogP contribution in [0.4, 0.5) is 0 Å². The maximum absolute atomic E-state index is 13.5. The fraction of sp³-hybridized carbons (Fsp3) is 0.500. The van der Waals surface area contributed by atoms with Crippen molar-refractivity contribution >= 4 is 10.9 Å². The van der Waals surface area contributed by atoms with E-state index in [1.54, 1.807) is 0 Å². The second kappa shape index (κ2) is 7.62. The molecule has 0 N–H and O–H groups in total. The van der Waals surface area contributed by atoms with Gasteiger partial charge in [0.15, 0.2) is 0 Å². The van der Waals surface area contributed by atoms with Gasteiger partial charge in [-0.15, -0.1) is 0 Å². The fourth-order valence-corrected chi connectivity index (χ4v) is 5.51. The van der Waals surface area contributed by atoms with E-state index in [4.69, 9.17) is 4.98 Å². The Kier molecular flexibility index (Phi) is 5.36. The number of benzene rings is 1. The van der Waals surface area contributed by atoms with Crippen molar-refractivity contribution in [2.45, 2.75) is 86.1 Å². The van der Waals surface area contributed by atoms with Crippen LogP contribution in [0.15, 0.2) is 29.1 Å². The van der Waals surface area contributed by atoms with Crippen molar-refractivity contribution in [3.05, 3.63) is 62.4 Å². The molecule has 0 amide bonds. The van der Waals surface area contributed by atoms with Gasteiger partial charge in [0.2, 0.25) is 0 Å². The molecule has 3 aromatic rings. The van der Waals surface area contributed by atoms with E-state index in [0.717, 1.165) is 35.3 Å². The van der Waals surface area contributed by atoms with E-state index in [2.05, 4.69) is 72.7 Å². The van der Waals surface area contributed by atoms with Gasteiger partial charge in [0, 0.05) is 16.5 Å². The molecule has 164 valence electrons. The highest BCUT2D eigenvalue weighted by Gasteiger charge is 2.32. The van der Waals surface area contributed by atoms with E-state index in [0.29, 0.717) is 18.4 Å². The third-order valence-electron chi connectivity index (χ3n) is 7.09. The van der Waals surface area contributed by atoms with Gasteiger partial charge < -0.3 is 4.57 Å². The van der Waals surface area contributed by atoms with Crippen LogP contribution < -0.4 is 5.56 Å². The lowest BCUT2D eigenvalue weighted by Crippen LogP contribution is -2.25. The molecule has 3 heterocycles. The maximum atomic E-state index is 13.5. The molecular weight excluding hydrogens is 380 g/mol. The van der Waals surface area contributed by atoms with Gasteiger partial charge in [-0.05, 0) is 71.9 Å². The lowest BCUT2D eigenvalue weighted by Gasteiger charge is -2.25. The van der Waals surface area contributed by atoms with E-state index in [9.17, 15) is 4.79 Å². The van der Waals surface area contributed by atoms with Gasteiger partial charge in [0.05, 0.1) is 23.4 Å². The third kappa shape index (κ3) is 3.43. The van der Waals surface area contributed by atoms with Crippen molar-refractivity contribution in [2.24, 2.45) is 5.92 Å². The van der Waals surface area contributed by atoms with E-state index in [-0.39, 0.29) is 11.0 Å². The largest absolute Gasteiger partial charge is 0.302 e. The Morgan fingerprint density at radius 2 is 1.84 bits per heavy atom. The zero-order valence-electron chi connectivity index (χ0n) is 20.4. The molecule has 0 fully saturated rings. The maximum Gasteiger partial charge on any atom is 0.254 e. The average Bonchev–Trinajstić information content (AvgIpc) is 3.06. The fourth-order valence-electron chi connectivity index (χ4n) is 5.51. The molecule has 0 spiro atoms. The highest BCUT2D eigenvalue weighted by Crippen LogP contribution is 2.42. The number of aromatic nitrogens is 2. The van der Waals surface area contributed by atoms with E-state index in [1.807, 2.05) is 11.5 Å². The second-order valence-electron chi connectivity index (χ2n) is 10.5. The molecule has 4 rings (SSSR count). The predicted molar refractivity (Wildman–Crippen MR) is 131 cm³/mol. The smallest absolute Gasteiger partial charge is 0.254 e. The highest BCUT2D eigenvalue weighted by molar-refractivity contribution is 5.89. The molecule has 1 atom stereocenters. The summed E-state index contributed by atoms with van der Waals surface area (Å²) in [6.07, 6.45) is 2.04. The van der Waals surface area contributed by atoms with Crippen molar-refractivity contribution < 1.29 is 0 Å². The molecular formula is C28H36N2O. The molecule has 1 unspecified atom stereocenters. The average molecular weight is 417 g/mol. The Labute approximate surface area is 186 Å². The molecule has 3 nitrogen and oxygen atoms in total. The van der Waals surface area contributed by atoms with Crippen LogP contribution in [0.3, 0.4) is 0 Å². The van der Waals surface area contributed by atoms with E-state index < -0.39 is 0 Å². The lowest BCUT2D eigenvalue weighted by atomic mass is 9.80. The molecule has 0 aliphatic carbocycles. The van der Waals surface area contributed by atoms with Crippen LogP contribution in [0, 0.1) is 12.8 Å². The molecule has 0 radical (unpaired) electrons. The van der Waals surface area contributed by atoms with Crippen LogP contribution in [0.5, 0.6) is 0 Å². The minimum absolute atomic E-state index is 0.0367. The number of aryl methyl sites for hydroxylation is 1. The molecule has 0 saturated heterocycles. The summed E-state index contributed by atoms with van der Waals surface area (Å²) in [6.45, 7) is 18.4. The normalized spacial score (nSPS) is 14.2. The standard InChI is InChI=1S/C28H36N2O/c1-9-18-11-12-23-21(13-18)25(28(6,7)8)22-15-30-24(26(22)29-23)14-20(17(5)27(30)31)19(10-2)16(3)4/h11-14,16,19H,9-10,15H2,1-8H3. The van der Waals surface area contributed by atoms with Gasteiger partial charge in [-0.3, -0.25) is 4.79 Å². The summed E-state index contributed by atoms with van der Waals surface area (Å²) in [5, 5.41) is 1.23. The minimum atomic E-state index is -0.0367. The summed E-state index contributed by atoms with van der Waals surface area (Å²) in [5.41, 5.74) is 9.10. The number of pyridine rings is 2. The zero-order chi connectivity index (χ0) is 22.7. The Balaban J connectivity index is 2.06. The van der Waals surface area contributed by atoms with Crippen molar-refractivity contribution in [3.63, 3.8) is 0 Å². The van der Waals surface area contributed by atoms with Crippen LogP contribution >= 0.6 is 0 Å². The monoisotopic (exact) mass is 416 g/mol. The third-order valence-corrected chi connectivity index (χ3v) is 7.09. The van der Waals surface area contributed by atoms with Gasteiger partial charge in [0.25, 0.3) is 5.56 Å². The van der Waals surface area contributed by atoms with Crippen LogP contribution in [-0.2, 0) is 18.4 Å². The Hall–Kier alpha value is -2.42. The first-order valence-corrected chi connectivity index (χ1v) is 11.8. The quantitative estimate of drug-likeness (QED) is 0.369. The molecule has 2 aromatic heterocycles. The van der Waals surface area contributed by atoms with Crippen molar-refractivity contribution in [2.75, 3.05) is 0 Å². The van der Waals surface area contributed by atoms with Gasteiger partial charge in [-0.2, -0.15) is 0 Å². The van der Waals surface area contributed by atoms with Crippen LogP contribution in [0.1, 0.15) is 88.6 Å². The number of hydrogen-bond donors (Lipinski definition) is 0. The number of hydrogen-bond acceptors (Lipinski definition) is 2. The number of nitrogens with zero attached hydrogens (tertiary/aromatic N) is 2. The summed E-state index contributed by atoms with van der Waals surface area (Å²) in [5.74, 6) is 0.881. The van der Waals surface area contributed by atoms with E-state index >= 15 is 0 Å². The molecule has 31 heavy (non-hydrogen) atoms. The molecule has 0 saturated carbocycles. The first-order valence-electron chi connectivity index (χ1n) is 11.8. The van der Waals surface area contributed by atoms with E-state index in [1.165, 1.54) is 27.6 Å². The van der Waals surface area contributed by atoms with Gasteiger partial charge in [0.1, 0.15) is 0 Å². The van der Waals surface area contributed by atoms with Gasteiger partial charge >= 0.3 is 0 Å². The molecule has 1 aliphatic rings. The predicted octanol–water partition coefficient (Wildman–Crippen LogP) is 6.74. The first-order chi connectivity index (χ1) is 14.6. The Bertz CT molecular complexity index is 1220.